The van der Waals surface area contributed by atoms with Gasteiger partial charge in [0.15, 0.2) is 16.6 Å². The van der Waals surface area contributed by atoms with Gasteiger partial charge in [0.1, 0.15) is 5.75 Å². The lowest BCUT2D eigenvalue weighted by Crippen LogP contribution is -2.28. The van der Waals surface area contributed by atoms with E-state index in [1.807, 2.05) is 24.3 Å². The van der Waals surface area contributed by atoms with Crippen molar-refractivity contribution in [2.24, 2.45) is 0 Å². The summed E-state index contributed by atoms with van der Waals surface area (Å²) < 4.78 is 16.0. The van der Waals surface area contributed by atoms with Gasteiger partial charge in [0, 0.05) is 22.5 Å². The molecular weight excluding hydrogens is 430 g/mol. The third-order valence-corrected chi connectivity index (χ3v) is 6.58. The average Bonchev–Trinajstić information content (AvgIpc) is 3.52. The number of nitrogens with one attached hydrogen (secondary N) is 2. The van der Waals surface area contributed by atoms with E-state index in [1.165, 1.54) is 11.3 Å². The van der Waals surface area contributed by atoms with Crippen LogP contribution in [0.25, 0.3) is 0 Å². The summed E-state index contributed by atoms with van der Waals surface area (Å²) in [4.78, 5) is 31.1. The van der Waals surface area contributed by atoms with Crippen LogP contribution >= 0.6 is 11.3 Å². The lowest BCUT2D eigenvalue weighted by Gasteiger charge is -2.12. The lowest BCUT2D eigenvalue weighted by atomic mass is 10.1. The molecule has 1 aromatic heterocycles. The average molecular weight is 452 g/mol. The quantitative estimate of drug-likeness (QED) is 0.595. The van der Waals surface area contributed by atoms with E-state index in [1.54, 1.807) is 25.3 Å². The van der Waals surface area contributed by atoms with Crippen LogP contribution in [0.2, 0.25) is 0 Å². The number of nitrogens with zero attached hydrogens (tertiary/aromatic N) is 1. The summed E-state index contributed by atoms with van der Waals surface area (Å²) in [6.07, 6.45) is 1.47. The van der Waals surface area contributed by atoms with Crippen molar-refractivity contribution in [2.75, 3.05) is 19.2 Å². The molecule has 164 valence electrons. The number of aryl methyl sites for hydroxylation is 1. The molecule has 0 unspecified atom stereocenters. The van der Waals surface area contributed by atoms with E-state index in [0.29, 0.717) is 35.2 Å². The van der Waals surface area contributed by atoms with Crippen LogP contribution in [0.5, 0.6) is 17.2 Å². The Balaban J connectivity index is 1.25. The van der Waals surface area contributed by atoms with Crippen LogP contribution in [0.15, 0.2) is 42.5 Å². The van der Waals surface area contributed by atoms with Gasteiger partial charge in [-0.3, -0.25) is 14.9 Å². The molecule has 1 aliphatic carbocycles. The number of fused-ring (bicyclic) bond motifs is 2. The number of hydrogen-bond acceptors (Lipinski definition) is 7. The summed E-state index contributed by atoms with van der Waals surface area (Å²) in [5.41, 5.74) is 2.11. The highest BCUT2D eigenvalue weighted by Gasteiger charge is 2.33. The van der Waals surface area contributed by atoms with Crippen molar-refractivity contribution in [2.45, 2.75) is 25.3 Å². The number of rotatable bonds is 6. The summed E-state index contributed by atoms with van der Waals surface area (Å²) in [5, 5.41) is 6.31. The van der Waals surface area contributed by atoms with Gasteiger partial charge in [-0.05, 0) is 37.1 Å². The van der Waals surface area contributed by atoms with Gasteiger partial charge in [-0.25, -0.2) is 4.98 Å². The number of amides is 2. The van der Waals surface area contributed by atoms with Crippen LogP contribution in [0, 0.1) is 0 Å². The summed E-state index contributed by atoms with van der Waals surface area (Å²) in [6.45, 7) is 0.534. The van der Waals surface area contributed by atoms with Gasteiger partial charge in [0.05, 0.1) is 18.7 Å². The van der Waals surface area contributed by atoms with Crippen LogP contribution in [0.3, 0.4) is 0 Å². The Morgan fingerprint density at radius 1 is 1.19 bits per heavy atom. The number of carbonyl (C=O) groups excluding carboxylic acids is 2. The first kappa shape index (κ1) is 20.3. The van der Waals surface area contributed by atoms with E-state index in [2.05, 4.69) is 15.6 Å². The molecule has 0 saturated heterocycles. The largest absolute Gasteiger partial charge is 0.496 e. The molecule has 1 aliphatic heterocycles. The number of para-hydroxylation sites is 1. The summed E-state index contributed by atoms with van der Waals surface area (Å²) >= 11 is 1.41. The number of methoxy groups -OCH3 is 1. The van der Waals surface area contributed by atoms with Crippen molar-refractivity contribution in [3.63, 3.8) is 0 Å². The van der Waals surface area contributed by atoms with Crippen molar-refractivity contribution in [1.82, 2.24) is 10.3 Å². The molecule has 5 rings (SSSR count). The van der Waals surface area contributed by atoms with Gasteiger partial charge in [-0.15, -0.1) is 11.3 Å². The Kier molecular flexibility index (Phi) is 5.40. The van der Waals surface area contributed by atoms with E-state index in [0.717, 1.165) is 28.3 Å². The minimum Gasteiger partial charge on any atom is -0.496 e. The van der Waals surface area contributed by atoms with Crippen molar-refractivity contribution in [1.29, 1.82) is 0 Å². The predicted octanol–water partition coefficient (Wildman–Crippen LogP) is 3.48. The van der Waals surface area contributed by atoms with Crippen LogP contribution in [-0.2, 0) is 17.8 Å². The SMILES string of the molecule is COc1ccccc1CNC(=O)[C@H]1CCc2sc(NC(=O)c3ccc4c(c3)OCO4)nc21. The molecule has 2 aliphatic rings. The maximum absolute atomic E-state index is 12.8. The molecule has 0 spiro atoms. The third kappa shape index (κ3) is 3.87. The van der Waals surface area contributed by atoms with Crippen LogP contribution < -0.4 is 24.8 Å². The molecule has 32 heavy (non-hydrogen) atoms. The van der Waals surface area contributed by atoms with Crippen molar-refractivity contribution in [3.8, 4) is 17.2 Å². The molecule has 0 saturated carbocycles. The summed E-state index contributed by atoms with van der Waals surface area (Å²) in [5.74, 6) is 1.22. The topological polar surface area (TPSA) is 98.8 Å². The number of anilines is 1. The first-order valence-corrected chi connectivity index (χ1v) is 11.0. The minimum atomic E-state index is -0.327. The number of hydrogen-bond donors (Lipinski definition) is 2. The van der Waals surface area contributed by atoms with Gasteiger partial charge in [-0.2, -0.15) is 0 Å². The van der Waals surface area contributed by atoms with E-state index in [-0.39, 0.29) is 24.5 Å². The second-order valence-electron chi connectivity index (χ2n) is 7.47. The van der Waals surface area contributed by atoms with Crippen LogP contribution in [0.4, 0.5) is 5.13 Å². The van der Waals surface area contributed by atoms with E-state index < -0.39 is 0 Å². The zero-order valence-corrected chi connectivity index (χ0v) is 18.2. The normalized spacial score (nSPS) is 15.8. The maximum Gasteiger partial charge on any atom is 0.257 e. The smallest absolute Gasteiger partial charge is 0.257 e. The number of benzene rings is 2. The molecule has 0 radical (unpaired) electrons. The molecule has 2 heterocycles. The Morgan fingerprint density at radius 3 is 2.91 bits per heavy atom. The van der Waals surface area contributed by atoms with Gasteiger partial charge in [-0.1, -0.05) is 18.2 Å². The fraction of sp³-hybridized carbons (Fsp3) is 0.261. The fourth-order valence-corrected chi connectivity index (χ4v) is 4.93. The summed E-state index contributed by atoms with van der Waals surface area (Å²) in [6, 6.07) is 12.6. The second kappa shape index (κ2) is 8.51. The first-order valence-electron chi connectivity index (χ1n) is 10.2. The Hall–Kier alpha value is -3.59. The number of ether oxygens (including phenoxy) is 3. The molecule has 8 nitrogen and oxygen atoms in total. The minimum absolute atomic E-state index is 0.0754. The zero-order chi connectivity index (χ0) is 22.1. The third-order valence-electron chi connectivity index (χ3n) is 5.54. The molecule has 2 aromatic carbocycles. The van der Waals surface area contributed by atoms with E-state index in [4.69, 9.17) is 14.2 Å². The molecule has 0 bridgehead atoms. The van der Waals surface area contributed by atoms with Crippen LogP contribution in [0.1, 0.15) is 38.8 Å². The number of aromatic nitrogens is 1. The lowest BCUT2D eigenvalue weighted by molar-refractivity contribution is -0.122. The predicted molar refractivity (Wildman–Crippen MR) is 119 cm³/mol. The Morgan fingerprint density at radius 2 is 2.03 bits per heavy atom. The molecule has 1 atom stereocenters. The molecule has 2 amide bonds. The van der Waals surface area contributed by atoms with Gasteiger partial charge < -0.3 is 19.5 Å². The number of carbonyl (C=O) groups is 2. The molecular formula is C23H21N3O5S. The van der Waals surface area contributed by atoms with Gasteiger partial charge >= 0.3 is 0 Å². The standard InChI is InChI=1S/C23H21N3O5S/c1-29-16-5-3-2-4-14(16)11-24-22(28)15-7-9-19-20(15)25-23(32-19)26-21(27)13-6-8-17-18(10-13)31-12-30-17/h2-6,8,10,15H,7,9,11-12H2,1H3,(H,24,28)(H,25,26,27)/t15-/m0/s1. The highest BCUT2D eigenvalue weighted by atomic mass is 32.1. The number of thiazole rings is 1. The highest BCUT2D eigenvalue weighted by Crippen LogP contribution is 2.39. The zero-order valence-electron chi connectivity index (χ0n) is 17.3. The first-order chi connectivity index (χ1) is 15.6. The fourth-order valence-electron chi connectivity index (χ4n) is 3.90. The molecule has 0 fully saturated rings. The Labute approximate surface area is 188 Å². The van der Waals surface area contributed by atoms with E-state index in [9.17, 15) is 9.59 Å². The monoisotopic (exact) mass is 451 g/mol. The van der Waals surface area contributed by atoms with Crippen molar-refractivity contribution >= 4 is 28.3 Å². The molecule has 3 aromatic rings. The summed E-state index contributed by atoms with van der Waals surface area (Å²) in [7, 11) is 1.61. The van der Waals surface area contributed by atoms with Crippen LogP contribution in [-0.4, -0.2) is 30.7 Å². The Bertz CT molecular complexity index is 1190. The van der Waals surface area contributed by atoms with Crippen molar-refractivity contribution in [3.05, 3.63) is 64.2 Å². The highest BCUT2D eigenvalue weighted by molar-refractivity contribution is 7.16. The van der Waals surface area contributed by atoms with Gasteiger partial charge in [0.2, 0.25) is 12.7 Å². The maximum atomic E-state index is 12.8. The second-order valence-corrected chi connectivity index (χ2v) is 8.55. The van der Waals surface area contributed by atoms with E-state index >= 15 is 0 Å². The molecule has 2 N–H and O–H groups in total. The molecule has 9 heteroatoms. The van der Waals surface area contributed by atoms with Crippen molar-refractivity contribution < 1.29 is 23.8 Å². The van der Waals surface area contributed by atoms with Gasteiger partial charge in [0.25, 0.3) is 5.91 Å².